The van der Waals surface area contributed by atoms with Crippen LogP contribution in [0.25, 0.3) is 0 Å². The van der Waals surface area contributed by atoms with E-state index in [2.05, 4.69) is 9.82 Å². The van der Waals surface area contributed by atoms with Crippen molar-refractivity contribution < 1.29 is 13.2 Å². The van der Waals surface area contributed by atoms with Crippen molar-refractivity contribution in [2.75, 3.05) is 11.0 Å². The highest BCUT2D eigenvalue weighted by Crippen LogP contribution is 2.37. The Morgan fingerprint density at radius 2 is 1.72 bits per heavy atom. The van der Waals surface area contributed by atoms with Crippen molar-refractivity contribution in [1.82, 2.24) is 5.01 Å². The Morgan fingerprint density at radius 1 is 1.10 bits per heavy atom. The molecule has 0 saturated heterocycles. The van der Waals surface area contributed by atoms with Crippen LogP contribution in [0.4, 0.5) is 5.69 Å². The van der Waals surface area contributed by atoms with E-state index in [1.54, 1.807) is 17.1 Å². The van der Waals surface area contributed by atoms with E-state index in [0.29, 0.717) is 12.1 Å². The highest BCUT2D eigenvalue weighted by Gasteiger charge is 2.38. The normalized spacial score (nSPS) is 17.2. The standard InChI is InChI=1S/C22H27N3O3S/c1-15-8-6-7-9-18(15)20-14-19(23-25(20)21(26)22(2,3)4)16-10-12-17(13-11-16)24-29(5,27)28/h6-13,20,24H,14H2,1-5H3/t20-/m1/s1. The fraction of sp³-hybridized carbons (Fsp3) is 0.364. The molecule has 0 aromatic heterocycles. The summed E-state index contributed by atoms with van der Waals surface area (Å²) >= 11 is 0. The van der Waals surface area contributed by atoms with Gasteiger partial charge in [-0.1, -0.05) is 57.2 Å². The lowest BCUT2D eigenvalue weighted by molar-refractivity contribution is -0.141. The van der Waals surface area contributed by atoms with Gasteiger partial charge in [-0.25, -0.2) is 13.4 Å². The topological polar surface area (TPSA) is 78.8 Å². The van der Waals surface area contributed by atoms with Gasteiger partial charge in [-0.3, -0.25) is 9.52 Å². The molecule has 1 atom stereocenters. The molecule has 1 aliphatic heterocycles. The molecule has 0 unspecified atom stereocenters. The summed E-state index contributed by atoms with van der Waals surface area (Å²) in [6.45, 7) is 7.72. The Hall–Kier alpha value is -2.67. The number of hydrazone groups is 1. The molecule has 7 heteroatoms. The first-order chi connectivity index (χ1) is 13.5. The monoisotopic (exact) mass is 413 g/mol. The minimum atomic E-state index is -3.33. The molecular formula is C22H27N3O3S. The molecular weight excluding hydrogens is 386 g/mol. The van der Waals surface area contributed by atoms with Crippen molar-refractivity contribution in [2.24, 2.45) is 10.5 Å². The summed E-state index contributed by atoms with van der Waals surface area (Å²) in [7, 11) is -3.33. The van der Waals surface area contributed by atoms with Gasteiger partial charge < -0.3 is 0 Å². The summed E-state index contributed by atoms with van der Waals surface area (Å²) in [5.41, 5.74) is 3.82. The van der Waals surface area contributed by atoms with Crippen LogP contribution in [0, 0.1) is 12.3 Å². The predicted octanol–water partition coefficient (Wildman–Crippen LogP) is 4.09. The molecule has 2 aromatic rings. The second-order valence-electron chi connectivity index (χ2n) is 8.47. The number of aryl methyl sites for hydroxylation is 1. The molecule has 0 radical (unpaired) electrons. The number of carbonyl (C=O) groups excluding carboxylic acids is 1. The maximum absolute atomic E-state index is 13.1. The van der Waals surface area contributed by atoms with Gasteiger partial charge in [0, 0.05) is 17.5 Å². The SMILES string of the molecule is Cc1ccccc1[C@H]1CC(c2ccc(NS(C)(=O)=O)cc2)=NN1C(=O)C(C)(C)C. The van der Waals surface area contributed by atoms with Gasteiger partial charge in [0.2, 0.25) is 15.9 Å². The number of benzene rings is 2. The lowest BCUT2D eigenvalue weighted by Crippen LogP contribution is -2.36. The first-order valence-corrected chi connectivity index (χ1v) is 11.4. The zero-order chi connectivity index (χ0) is 21.4. The van der Waals surface area contributed by atoms with Crippen LogP contribution in [0.2, 0.25) is 0 Å². The number of nitrogens with one attached hydrogen (secondary N) is 1. The van der Waals surface area contributed by atoms with E-state index in [4.69, 9.17) is 0 Å². The molecule has 154 valence electrons. The first kappa shape index (κ1) is 21.0. The second-order valence-corrected chi connectivity index (χ2v) is 10.2. The number of carbonyl (C=O) groups is 1. The molecule has 1 N–H and O–H groups in total. The Bertz CT molecular complexity index is 1050. The summed E-state index contributed by atoms with van der Waals surface area (Å²) in [6.07, 6.45) is 1.72. The Kier molecular flexibility index (Phi) is 5.54. The van der Waals surface area contributed by atoms with E-state index in [-0.39, 0.29) is 11.9 Å². The van der Waals surface area contributed by atoms with Crippen molar-refractivity contribution in [3.05, 3.63) is 65.2 Å². The largest absolute Gasteiger partial charge is 0.284 e. The van der Waals surface area contributed by atoms with E-state index in [0.717, 1.165) is 28.7 Å². The van der Waals surface area contributed by atoms with Crippen molar-refractivity contribution in [3.63, 3.8) is 0 Å². The van der Waals surface area contributed by atoms with E-state index >= 15 is 0 Å². The molecule has 0 bridgehead atoms. The van der Waals surface area contributed by atoms with Crippen LogP contribution in [0.5, 0.6) is 0 Å². The van der Waals surface area contributed by atoms with Gasteiger partial charge >= 0.3 is 0 Å². The van der Waals surface area contributed by atoms with Gasteiger partial charge in [0.25, 0.3) is 0 Å². The van der Waals surface area contributed by atoms with E-state index in [9.17, 15) is 13.2 Å². The summed E-state index contributed by atoms with van der Waals surface area (Å²) in [4.78, 5) is 13.1. The Balaban J connectivity index is 1.96. The molecule has 2 aromatic carbocycles. The zero-order valence-corrected chi connectivity index (χ0v) is 18.2. The van der Waals surface area contributed by atoms with E-state index in [1.807, 2.05) is 64.1 Å². The van der Waals surface area contributed by atoms with Crippen molar-refractivity contribution in [1.29, 1.82) is 0 Å². The van der Waals surface area contributed by atoms with E-state index in [1.165, 1.54) is 0 Å². The number of anilines is 1. The maximum atomic E-state index is 13.1. The van der Waals surface area contributed by atoms with Crippen molar-refractivity contribution >= 4 is 27.3 Å². The lowest BCUT2D eigenvalue weighted by Gasteiger charge is -2.29. The molecule has 6 nitrogen and oxygen atoms in total. The van der Waals surface area contributed by atoms with Crippen LogP contribution in [-0.2, 0) is 14.8 Å². The number of sulfonamides is 1. The zero-order valence-electron chi connectivity index (χ0n) is 17.4. The highest BCUT2D eigenvalue weighted by molar-refractivity contribution is 7.92. The van der Waals surface area contributed by atoms with E-state index < -0.39 is 15.4 Å². The number of hydrogen-bond donors (Lipinski definition) is 1. The summed E-state index contributed by atoms with van der Waals surface area (Å²) in [6, 6.07) is 14.9. The highest BCUT2D eigenvalue weighted by atomic mass is 32.2. The predicted molar refractivity (Wildman–Crippen MR) is 116 cm³/mol. The molecule has 0 aliphatic carbocycles. The number of amides is 1. The van der Waals surface area contributed by atoms with Gasteiger partial charge in [0.05, 0.1) is 18.0 Å². The molecule has 0 fully saturated rings. The minimum absolute atomic E-state index is 0.0314. The Labute approximate surface area is 172 Å². The van der Waals surface area contributed by atoms with Crippen LogP contribution in [0.3, 0.4) is 0 Å². The van der Waals surface area contributed by atoms with Gasteiger partial charge in [-0.2, -0.15) is 5.10 Å². The summed E-state index contributed by atoms with van der Waals surface area (Å²) in [5, 5.41) is 6.30. The molecule has 29 heavy (non-hydrogen) atoms. The van der Waals surface area contributed by atoms with Gasteiger partial charge in [0.15, 0.2) is 0 Å². The molecule has 1 heterocycles. The molecule has 0 saturated carbocycles. The summed E-state index contributed by atoms with van der Waals surface area (Å²) in [5.74, 6) is -0.0314. The molecule has 3 rings (SSSR count). The first-order valence-electron chi connectivity index (χ1n) is 9.50. The second kappa shape index (κ2) is 7.63. The molecule has 0 spiro atoms. The van der Waals surface area contributed by atoms with Crippen molar-refractivity contribution in [2.45, 2.75) is 40.2 Å². The maximum Gasteiger partial charge on any atom is 0.248 e. The average molecular weight is 414 g/mol. The third-order valence-electron chi connectivity index (χ3n) is 4.83. The van der Waals surface area contributed by atoms with Gasteiger partial charge in [-0.05, 0) is 35.7 Å². The third kappa shape index (κ3) is 4.85. The number of nitrogens with zero attached hydrogens (tertiary/aromatic N) is 2. The molecule has 1 aliphatic rings. The molecule has 1 amide bonds. The fourth-order valence-electron chi connectivity index (χ4n) is 3.36. The smallest absolute Gasteiger partial charge is 0.248 e. The quantitative estimate of drug-likeness (QED) is 0.820. The van der Waals surface area contributed by atoms with Gasteiger partial charge in [-0.15, -0.1) is 0 Å². The average Bonchev–Trinajstić information content (AvgIpc) is 3.04. The minimum Gasteiger partial charge on any atom is -0.284 e. The van der Waals surface area contributed by atoms with Crippen LogP contribution in [-0.4, -0.2) is 31.3 Å². The van der Waals surface area contributed by atoms with Crippen molar-refractivity contribution in [3.8, 4) is 0 Å². The van der Waals surface area contributed by atoms with Crippen LogP contribution in [0.15, 0.2) is 53.6 Å². The lowest BCUT2D eigenvalue weighted by atomic mass is 9.91. The summed E-state index contributed by atoms with van der Waals surface area (Å²) < 4.78 is 25.3. The van der Waals surface area contributed by atoms with Crippen LogP contribution in [0.1, 0.15) is 49.9 Å². The third-order valence-corrected chi connectivity index (χ3v) is 5.44. The number of hydrogen-bond acceptors (Lipinski definition) is 4. The number of rotatable bonds is 4. The Morgan fingerprint density at radius 3 is 2.28 bits per heavy atom. The van der Waals surface area contributed by atoms with Crippen LogP contribution >= 0.6 is 0 Å². The van der Waals surface area contributed by atoms with Crippen LogP contribution < -0.4 is 4.72 Å². The fourth-order valence-corrected chi connectivity index (χ4v) is 3.93. The van der Waals surface area contributed by atoms with Gasteiger partial charge in [0.1, 0.15) is 0 Å².